The second-order valence-corrected chi connectivity index (χ2v) is 4.46. The number of aromatic nitrogens is 2. The Morgan fingerprint density at radius 3 is 2.90 bits per heavy atom. The minimum atomic E-state index is -0.490. The van der Waals surface area contributed by atoms with E-state index in [-0.39, 0.29) is 5.57 Å². The van der Waals surface area contributed by atoms with Gasteiger partial charge in [0, 0.05) is 18.1 Å². The van der Waals surface area contributed by atoms with Gasteiger partial charge in [0.25, 0.3) is 5.91 Å². The Hall–Kier alpha value is -2.58. The van der Waals surface area contributed by atoms with E-state index in [1.165, 1.54) is 10.8 Å². The molecule has 1 aromatic carbocycles. The molecule has 0 atom stereocenters. The Morgan fingerprint density at radius 1 is 1.50 bits per heavy atom. The Morgan fingerprint density at radius 2 is 2.30 bits per heavy atom. The highest BCUT2D eigenvalue weighted by molar-refractivity contribution is 6.30. The molecular formula is C14H11ClN4O. The highest BCUT2D eigenvalue weighted by Crippen LogP contribution is 2.14. The fourth-order valence-electron chi connectivity index (χ4n) is 1.59. The van der Waals surface area contributed by atoms with Crippen molar-refractivity contribution in [3.8, 4) is 6.07 Å². The van der Waals surface area contributed by atoms with Crippen molar-refractivity contribution >= 4 is 29.4 Å². The van der Waals surface area contributed by atoms with Gasteiger partial charge in [-0.25, -0.2) is 0 Å². The molecule has 20 heavy (non-hydrogen) atoms. The molecule has 100 valence electrons. The Labute approximate surface area is 121 Å². The van der Waals surface area contributed by atoms with Crippen molar-refractivity contribution in [1.82, 2.24) is 9.78 Å². The third kappa shape index (κ3) is 3.25. The van der Waals surface area contributed by atoms with Crippen LogP contribution in [0.5, 0.6) is 0 Å². The number of carbonyl (C=O) groups excluding carboxylic acids is 1. The van der Waals surface area contributed by atoms with Crippen LogP contribution in [-0.2, 0) is 11.8 Å². The lowest BCUT2D eigenvalue weighted by Crippen LogP contribution is -2.15. The normalized spacial score (nSPS) is 10.9. The smallest absolute Gasteiger partial charge is 0.267 e. The van der Waals surface area contributed by atoms with Crippen molar-refractivity contribution in [2.24, 2.45) is 7.05 Å². The van der Waals surface area contributed by atoms with Crippen molar-refractivity contribution in [1.29, 1.82) is 5.26 Å². The first-order chi connectivity index (χ1) is 9.60. The number of hydrogen-bond acceptors (Lipinski definition) is 3. The molecule has 0 radical (unpaired) electrons. The third-order valence-electron chi connectivity index (χ3n) is 2.59. The lowest BCUT2D eigenvalue weighted by molar-refractivity contribution is -0.112. The first kappa shape index (κ1) is 13.8. The number of hydrogen-bond donors (Lipinski definition) is 1. The largest absolute Gasteiger partial charge is 0.306 e. The SMILES string of the molecule is Cn1nccc1NC(=O)C(C#N)=Cc1cccc(Cl)c1. The minimum Gasteiger partial charge on any atom is -0.306 e. The number of nitrogens with one attached hydrogen (secondary N) is 1. The van der Waals surface area contributed by atoms with Crippen LogP contribution in [0.15, 0.2) is 42.1 Å². The molecule has 0 spiro atoms. The van der Waals surface area contributed by atoms with Crippen LogP contribution in [0.4, 0.5) is 5.82 Å². The molecule has 6 heteroatoms. The monoisotopic (exact) mass is 286 g/mol. The maximum atomic E-state index is 12.0. The molecule has 0 aliphatic rings. The van der Waals surface area contributed by atoms with Crippen molar-refractivity contribution in [2.75, 3.05) is 5.32 Å². The van der Waals surface area contributed by atoms with Gasteiger partial charge >= 0.3 is 0 Å². The molecule has 2 aromatic rings. The van der Waals surface area contributed by atoms with Gasteiger partial charge in [0.2, 0.25) is 0 Å². The van der Waals surface area contributed by atoms with E-state index in [0.717, 1.165) is 0 Å². The van der Waals surface area contributed by atoms with E-state index in [4.69, 9.17) is 16.9 Å². The molecule has 0 aliphatic carbocycles. The average Bonchev–Trinajstić information content (AvgIpc) is 2.81. The van der Waals surface area contributed by atoms with E-state index in [9.17, 15) is 4.79 Å². The van der Waals surface area contributed by atoms with E-state index in [0.29, 0.717) is 16.4 Å². The summed E-state index contributed by atoms with van der Waals surface area (Å²) < 4.78 is 1.51. The number of rotatable bonds is 3. The first-order valence-electron chi connectivity index (χ1n) is 5.77. The van der Waals surface area contributed by atoms with Crippen LogP contribution in [-0.4, -0.2) is 15.7 Å². The number of aryl methyl sites for hydroxylation is 1. The number of carbonyl (C=O) groups is 1. The van der Waals surface area contributed by atoms with Crippen LogP contribution >= 0.6 is 11.6 Å². The molecule has 0 unspecified atom stereocenters. The third-order valence-corrected chi connectivity index (χ3v) is 2.82. The Bertz CT molecular complexity index is 712. The van der Waals surface area contributed by atoms with Crippen LogP contribution in [0.1, 0.15) is 5.56 Å². The average molecular weight is 287 g/mol. The van der Waals surface area contributed by atoms with Crippen LogP contribution in [0.2, 0.25) is 5.02 Å². The molecule has 0 bridgehead atoms. The lowest BCUT2D eigenvalue weighted by atomic mass is 10.1. The molecule has 0 saturated heterocycles. The van der Waals surface area contributed by atoms with Crippen molar-refractivity contribution in [3.63, 3.8) is 0 Å². The number of anilines is 1. The molecule has 1 heterocycles. The van der Waals surface area contributed by atoms with Gasteiger partial charge in [-0.2, -0.15) is 10.4 Å². The fraction of sp³-hybridized carbons (Fsp3) is 0.0714. The van der Waals surface area contributed by atoms with E-state index >= 15 is 0 Å². The summed E-state index contributed by atoms with van der Waals surface area (Å²) in [7, 11) is 1.70. The summed E-state index contributed by atoms with van der Waals surface area (Å²) >= 11 is 5.86. The van der Waals surface area contributed by atoms with Gasteiger partial charge in [0.15, 0.2) is 0 Å². The maximum absolute atomic E-state index is 12.0. The highest BCUT2D eigenvalue weighted by atomic mass is 35.5. The van der Waals surface area contributed by atoms with Crippen molar-refractivity contribution < 1.29 is 4.79 Å². The minimum absolute atomic E-state index is 0.00605. The summed E-state index contributed by atoms with van der Waals surface area (Å²) in [6.45, 7) is 0. The van der Waals surface area contributed by atoms with Crippen LogP contribution in [0, 0.1) is 11.3 Å². The van der Waals surface area contributed by atoms with Gasteiger partial charge in [-0.15, -0.1) is 0 Å². The summed E-state index contributed by atoms with van der Waals surface area (Å²) in [5.74, 6) is 0.0262. The molecule has 0 fully saturated rings. The standard InChI is InChI=1S/C14H11ClN4O/c1-19-13(5-6-17-19)18-14(20)11(9-16)7-10-3-2-4-12(15)8-10/h2-8H,1H3,(H,18,20). The number of halogens is 1. The quantitative estimate of drug-likeness (QED) is 0.696. The summed E-state index contributed by atoms with van der Waals surface area (Å²) in [5, 5.41) is 16.2. The zero-order chi connectivity index (χ0) is 14.5. The first-order valence-corrected chi connectivity index (χ1v) is 6.14. The van der Waals surface area contributed by atoms with Gasteiger partial charge in [-0.1, -0.05) is 23.7 Å². The highest BCUT2D eigenvalue weighted by Gasteiger charge is 2.11. The molecule has 1 N–H and O–H groups in total. The van der Waals surface area contributed by atoms with E-state index in [1.807, 2.05) is 6.07 Å². The zero-order valence-corrected chi connectivity index (χ0v) is 11.4. The zero-order valence-electron chi connectivity index (χ0n) is 10.7. The van der Waals surface area contributed by atoms with Gasteiger partial charge in [-0.05, 0) is 23.8 Å². The fourth-order valence-corrected chi connectivity index (χ4v) is 1.79. The number of nitrogens with zero attached hydrogens (tertiary/aromatic N) is 3. The summed E-state index contributed by atoms with van der Waals surface area (Å²) in [6, 6.07) is 10.4. The van der Waals surface area contributed by atoms with Gasteiger partial charge in [-0.3, -0.25) is 9.48 Å². The van der Waals surface area contributed by atoms with Crippen LogP contribution in [0.25, 0.3) is 6.08 Å². The van der Waals surface area contributed by atoms with Gasteiger partial charge in [0.1, 0.15) is 17.5 Å². The Balaban J connectivity index is 2.22. The molecular weight excluding hydrogens is 276 g/mol. The molecule has 1 amide bonds. The number of benzene rings is 1. The lowest BCUT2D eigenvalue weighted by Gasteiger charge is -2.04. The topological polar surface area (TPSA) is 70.7 Å². The molecule has 0 aliphatic heterocycles. The molecule has 1 aromatic heterocycles. The predicted molar refractivity (Wildman–Crippen MR) is 76.9 cm³/mol. The van der Waals surface area contributed by atoms with Crippen molar-refractivity contribution in [2.45, 2.75) is 0 Å². The number of nitriles is 1. The second kappa shape index (κ2) is 6.04. The van der Waals surface area contributed by atoms with Crippen molar-refractivity contribution in [3.05, 3.63) is 52.7 Å². The summed E-state index contributed by atoms with van der Waals surface area (Å²) in [4.78, 5) is 12.0. The van der Waals surface area contributed by atoms with Crippen LogP contribution in [0.3, 0.4) is 0 Å². The molecule has 0 saturated carbocycles. The molecule has 5 nitrogen and oxygen atoms in total. The number of amides is 1. The molecule has 2 rings (SSSR count). The van der Waals surface area contributed by atoms with E-state index < -0.39 is 5.91 Å². The van der Waals surface area contributed by atoms with Gasteiger partial charge in [0.05, 0.1) is 6.20 Å². The second-order valence-electron chi connectivity index (χ2n) is 4.02. The van der Waals surface area contributed by atoms with Crippen LogP contribution < -0.4 is 5.32 Å². The van der Waals surface area contributed by atoms with E-state index in [1.54, 1.807) is 43.6 Å². The summed E-state index contributed by atoms with van der Waals surface area (Å²) in [5.41, 5.74) is 0.683. The maximum Gasteiger partial charge on any atom is 0.267 e. The Kier molecular flexibility index (Phi) is 4.18. The summed E-state index contributed by atoms with van der Waals surface area (Å²) in [6.07, 6.45) is 3.04. The van der Waals surface area contributed by atoms with Gasteiger partial charge < -0.3 is 5.32 Å². The van der Waals surface area contributed by atoms with E-state index in [2.05, 4.69) is 10.4 Å². The predicted octanol–water partition coefficient (Wildman–Crippen LogP) is 2.62.